The summed E-state index contributed by atoms with van der Waals surface area (Å²) in [7, 11) is 0. The Balaban J connectivity index is 2.02. The van der Waals surface area contributed by atoms with E-state index in [1.54, 1.807) is 6.08 Å². The van der Waals surface area contributed by atoms with E-state index in [2.05, 4.69) is 10.3 Å². The Labute approximate surface area is 122 Å². The van der Waals surface area contributed by atoms with Crippen molar-refractivity contribution in [3.63, 3.8) is 0 Å². The topological polar surface area (TPSA) is 62.0 Å². The van der Waals surface area contributed by atoms with Crippen molar-refractivity contribution in [3.05, 3.63) is 59.4 Å². The summed E-state index contributed by atoms with van der Waals surface area (Å²) in [5.74, 6) is -0.126. The zero-order chi connectivity index (χ0) is 14.8. The fraction of sp³-hybridized carbons (Fsp3) is 0.0588. The highest BCUT2D eigenvalue weighted by atomic mass is 16.2. The second kappa shape index (κ2) is 5.25. The number of ketones is 1. The van der Waals surface area contributed by atoms with Crippen molar-refractivity contribution in [1.29, 1.82) is 0 Å². The molecule has 21 heavy (non-hydrogen) atoms. The predicted octanol–water partition coefficient (Wildman–Crippen LogP) is 3.11. The number of amides is 1. The third-order valence-electron chi connectivity index (χ3n) is 3.26. The molecule has 0 bridgehead atoms. The molecule has 1 aliphatic rings. The summed E-state index contributed by atoms with van der Waals surface area (Å²) in [6.07, 6.45) is 6.89. The fourth-order valence-corrected chi connectivity index (χ4v) is 2.26. The molecule has 2 aromatic rings. The number of carbonyl (C=O) groups excluding carboxylic acids is 2. The van der Waals surface area contributed by atoms with Gasteiger partial charge in [0.25, 0.3) is 5.91 Å². The molecular formula is C17H14N2O2. The Morgan fingerprint density at radius 1 is 1.24 bits per heavy atom. The van der Waals surface area contributed by atoms with Crippen LogP contribution in [0.3, 0.4) is 0 Å². The molecule has 104 valence electrons. The lowest BCUT2D eigenvalue weighted by atomic mass is 10.0. The van der Waals surface area contributed by atoms with Crippen LogP contribution in [0.25, 0.3) is 17.7 Å². The minimum absolute atomic E-state index is 0.00755. The van der Waals surface area contributed by atoms with Crippen molar-refractivity contribution >= 4 is 35.1 Å². The largest absolute Gasteiger partial charge is 0.362 e. The van der Waals surface area contributed by atoms with Crippen molar-refractivity contribution in [2.45, 2.75) is 6.92 Å². The maximum Gasteiger partial charge on any atom is 0.256 e. The minimum atomic E-state index is -0.118. The van der Waals surface area contributed by atoms with Gasteiger partial charge in [-0.25, -0.2) is 0 Å². The van der Waals surface area contributed by atoms with Crippen LogP contribution in [-0.4, -0.2) is 16.7 Å². The van der Waals surface area contributed by atoms with Crippen LogP contribution in [0, 0.1) is 0 Å². The Kier molecular flexibility index (Phi) is 3.28. The number of aromatic amines is 1. The predicted molar refractivity (Wildman–Crippen MR) is 83.5 cm³/mol. The lowest BCUT2D eigenvalue weighted by molar-refractivity contribution is -0.112. The number of H-pyrrole nitrogens is 1. The van der Waals surface area contributed by atoms with Crippen molar-refractivity contribution in [2.75, 3.05) is 5.32 Å². The first-order valence-corrected chi connectivity index (χ1v) is 6.63. The third-order valence-corrected chi connectivity index (χ3v) is 3.26. The number of anilines is 1. The van der Waals surface area contributed by atoms with E-state index in [9.17, 15) is 9.59 Å². The van der Waals surface area contributed by atoms with Gasteiger partial charge in [0.15, 0.2) is 5.78 Å². The molecule has 3 rings (SSSR count). The third kappa shape index (κ3) is 2.69. The lowest BCUT2D eigenvalue weighted by Gasteiger charge is -2.00. The quantitative estimate of drug-likeness (QED) is 0.847. The summed E-state index contributed by atoms with van der Waals surface area (Å²) in [4.78, 5) is 26.1. The molecule has 1 aromatic carbocycles. The molecule has 0 aliphatic carbocycles. The van der Waals surface area contributed by atoms with Crippen LogP contribution >= 0.6 is 0 Å². The van der Waals surface area contributed by atoms with Crippen LogP contribution in [0.4, 0.5) is 5.69 Å². The Morgan fingerprint density at radius 2 is 2.10 bits per heavy atom. The molecule has 0 spiro atoms. The van der Waals surface area contributed by atoms with Crippen LogP contribution in [0.1, 0.15) is 23.7 Å². The lowest BCUT2D eigenvalue weighted by Crippen LogP contribution is -2.03. The Hall–Kier alpha value is -2.88. The van der Waals surface area contributed by atoms with E-state index in [4.69, 9.17) is 0 Å². The zero-order valence-corrected chi connectivity index (χ0v) is 11.5. The molecule has 1 amide bonds. The van der Waals surface area contributed by atoms with Crippen molar-refractivity contribution in [3.8, 4) is 0 Å². The maximum absolute atomic E-state index is 12.1. The van der Waals surface area contributed by atoms with Gasteiger partial charge in [0, 0.05) is 23.1 Å². The van der Waals surface area contributed by atoms with Gasteiger partial charge in [0.1, 0.15) is 0 Å². The molecular weight excluding hydrogens is 264 g/mol. The molecule has 0 fully saturated rings. The first kappa shape index (κ1) is 13.1. The van der Waals surface area contributed by atoms with E-state index >= 15 is 0 Å². The van der Waals surface area contributed by atoms with Crippen LogP contribution in [0.5, 0.6) is 0 Å². The van der Waals surface area contributed by atoms with Gasteiger partial charge in [-0.1, -0.05) is 12.1 Å². The molecule has 0 atom stereocenters. The van der Waals surface area contributed by atoms with Crippen LogP contribution < -0.4 is 5.32 Å². The molecule has 1 aromatic heterocycles. The molecule has 4 heteroatoms. The fourth-order valence-electron chi connectivity index (χ4n) is 2.26. The van der Waals surface area contributed by atoms with E-state index in [1.807, 2.05) is 42.6 Å². The molecule has 2 N–H and O–H groups in total. The summed E-state index contributed by atoms with van der Waals surface area (Å²) >= 11 is 0. The number of hydrogen-bond acceptors (Lipinski definition) is 2. The number of allylic oxidation sites excluding steroid dienone is 1. The van der Waals surface area contributed by atoms with Crippen molar-refractivity contribution < 1.29 is 9.59 Å². The highest BCUT2D eigenvalue weighted by molar-refractivity contribution is 6.34. The standard InChI is InChI=1S/C17H14N2O2/c1-11(20)4-5-12-6-7-16-14(9-12)15(17(21)19-16)10-13-3-2-8-18-13/h2-10,18H,1H3,(H,19,21)/b5-4+,15-10-. The summed E-state index contributed by atoms with van der Waals surface area (Å²) in [6.45, 7) is 1.51. The molecule has 4 nitrogen and oxygen atoms in total. The molecule has 0 unspecified atom stereocenters. The number of benzene rings is 1. The van der Waals surface area contributed by atoms with E-state index < -0.39 is 0 Å². The molecule has 1 aliphatic heterocycles. The van der Waals surface area contributed by atoms with Crippen LogP contribution in [-0.2, 0) is 9.59 Å². The normalized spacial score (nSPS) is 15.5. The van der Waals surface area contributed by atoms with Gasteiger partial charge in [0.2, 0.25) is 0 Å². The van der Waals surface area contributed by atoms with Gasteiger partial charge in [0.05, 0.1) is 5.57 Å². The molecule has 2 heterocycles. The molecule has 0 saturated heterocycles. The smallest absolute Gasteiger partial charge is 0.256 e. The average molecular weight is 278 g/mol. The number of aromatic nitrogens is 1. The minimum Gasteiger partial charge on any atom is -0.362 e. The number of nitrogens with one attached hydrogen (secondary N) is 2. The molecule has 0 saturated carbocycles. The SMILES string of the molecule is CC(=O)/C=C/c1ccc2c(c1)/C(=C/c1ccc[nH]1)C(=O)N2. The summed E-state index contributed by atoms with van der Waals surface area (Å²) in [6, 6.07) is 9.41. The second-order valence-corrected chi connectivity index (χ2v) is 4.89. The van der Waals surface area contributed by atoms with Gasteiger partial charge in [-0.3, -0.25) is 9.59 Å². The average Bonchev–Trinajstić information content (AvgIpc) is 3.06. The van der Waals surface area contributed by atoms with Gasteiger partial charge in [-0.2, -0.15) is 0 Å². The Bertz CT molecular complexity index is 768. The van der Waals surface area contributed by atoms with E-state index in [0.29, 0.717) is 5.57 Å². The maximum atomic E-state index is 12.1. The number of carbonyl (C=O) groups is 2. The van der Waals surface area contributed by atoms with Gasteiger partial charge in [-0.15, -0.1) is 0 Å². The van der Waals surface area contributed by atoms with Gasteiger partial charge < -0.3 is 10.3 Å². The highest BCUT2D eigenvalue weighted by Crippen LogP contribution is 2.33. The van der Waals surface area contributed by atoms with Crippen LogP contribution in [0.2, 0.25) is 0 Å². The van der Waals surface area contributed by atoms with Gasteiger partial charge >= 0.3 is 0 Å². The van der Waals surface area contributed by atoms with Crippen molar-refractivity contribution in [2.24, 2.45) is 0 Å². The van der Waals surface area contributed by atoms with Gasteiger partial charge in [-0.05, 0) is 48.9 Å². The number of hydrogen-bond donors (Lipinski definition) is 2. The zero-order valence-electron chi connectivity index (χ0n) is 11.5. The van der Waals surface area contributed by atoms with Crippen LogP contribution in [0.15, 0.2) is 42.6 Å². The monoisotopic (exact) mass is 278 g/mol. The molecule has 0 radical (unpaired) electrons. The first-order chi connectivity index (χ1) is 10.1. The summed E-state index contributed by atoms with van der Waals surface area (Å²) in [5.41, 5.74) is 4.01. The van der Waals surface area contributed by atoms with E-state index in [-0.39, 0.29) is 11.7 Å². The van der Waals surface area contributed by atoms with Crippen molar-refractivity contribution in [1.82, 2.24) is 4.98 Å². The summed E-state index contributed by atoms with van der Waals surface area (Å²) < 4.78 is 0. The van der Waals surface area contributed by atoms with E-state index in [1.165, 1.54) is 13.0 Å². The Morgan fingerprint density at radius 3 is 2.81 bits per heavy atom. The number of rotatable bonds is 3. The number of fused-ring (bicyclic) bond motifs is 1. The first-order valence-electron chi connectivity index (χ1n) is 6.63. The highest BCUT2D eigenvalue weighted by Gasteiger charge is 2.24. The summed E-state index contributed by atoms with van der Waals surface area (Å²) in [5, 5.41) is 2.84. The second-order valence-electron chi connectivity index (χ2n) is 4.89. The van der Waals surface area contributed by atoms with E-state index in [0.717, 1.165) is 22.5 Å².